The molecule has 2 saturated carbocycles. The van der Waals surface area contributed by atoms with Gasteiger partial charge >= 0.3 is 0 Å². The molecule has 1 N–H and O–H groups in total. The number of hydrogen-bond donors (Lipinski definition) is 1. The molecule has 3 nitrogen and oxygen atoms in total. The number of nitrogens with one attached hydrogen (secondary N) is 1. The van der Waals surface area contributed by atoms with Crippen molar-refractivity contribution in [3.8, 4) is 0 Å². The van der Waals surface area contributed by atoms with Crippen LogP contribution in [0.4, 0.5) is 0 Å². The van der Waals surface area contributed by atoms with E-state index >= 15 is 0 Å². The van der Waals surface area contributed by atoms with Crippen LogP contribution in [0.15, 0.2) is 29.2 Å². The lowest BCUT2D eigenvalue weighted by Gasteiger charge is -2.28. The summed E-state index contributed by atoms with van der Waals surface area (Å²) in [4.78, 5) is 0.384. The number of aryl methyl sites for hydroxylation is 1. The molecular formula is C17H25NO2S. The average molecular weight is 307 g/mol. The summed E-state index contributed by atoms with van der Waals surface area (Å²) in [5, 5.41) is 0. The third-order valence-corrected chi connectivity index (χ3v) is 6.99. The van der Waals surface area contributed by atoms with E-state index in [0.717, 1.165) is 23.8 Å². The molecule has 0 aliphatic heterocycles. The molecule has 0 heterocycles. The summed E-state index contributed by atoms with van der Waals surface area (Å²) in [6.07, 6.45) is 6.06. The topological polar surface area (TPSA) is 46.2 Å². The van der Waals surface area contributed by atoms with E-state index in [1.165, 1.54) is 25.7 Å². The molecule has 2 bridgehead atoms. The maximum Gasteiger partial charge on any atom is 0.240 e. The van der Waals surface area contributed by atoms with Gasteiger partial charge in [0.05, 0.1) is 4.90 Å². The fourth-order valence-corrected chi connectivity index (χ4v) is 5.51. The van der Waals surface area contributed by atoms with Gasteiger partial charge in [-0.15, -0.1) is 0 Å². The summed E-state index contributed by atoms with van der Waals surface area (Å²) >= 11 is 0. The van der Waals surface area contributed by atoms with E-state index in [0.29, 0.717) is 10.8 Å². The van der Waals surface area contributed by atoms with Gasteiger partial charge in [0.25, 0.3) is 0 Å². The predicted octanol–water partition coefficient (Wildman–Crippen LogP) is 3.35. The second-order valence-corrected chi connectivity index (χ2v) is 8.46. The molecule has 4 unspecified atom stereocenters. The summed E-state index contributed by atoms with van der Waals surface area (Å²) in [6, 6.07) is 7.27. The lowest BCUT2D eigenvalue weighted by atomic mass is 9.84. The van der Waals surface area contributed by atoms with Gasteiger partial charge in [0.1, 0.15) is 0 Å². The Balaban J connectivity index is 1.70. The summed E-state index contributed by atoms with van der Waals surface area (Å²) in [7, 11) is -3.39. The van der Waals surface area contributed by atoms with Crippen LogP contribution in [0.25, 0.3) is 0 Å². The Morgan fingerprint density at radius 2 is 1.90 bits per heavy atom. The number of sulfonamides is 1. The van der Waals surface area contributed by atoms with Crippen LogP contribution in [0.2, 0.25) is 0 Å². The third kappa shape index (κ3) is 3.02. The monoisotopic (exact) mass is 307 g/mol. The highest BCUT2D eigenvalue weighted by Gasteiger charge is 2.42. The van der Waals surface area contributed by atoms with Gasteiger partial charge in [0.15, 0.2) is 0 Å². The molecular weight excluding hydrogens is 282 g/mol. The maximum atomic E-state index is 12.5. The average Bonchev–Trinajstić information content (AvgIpc) is 3.09. The van der Waals surface area contributed by atoms with E-state index in [1.54, 1.807) is 12.1 Å². The number of benzene rings is 1. The molecule has 2 aliphatic rings. The van der Waals surface area contributed by atoms with E-state index in [2.05, 4.69) is 11.6 Å². The van der Waals surface area contributed by atoms with Crippen molar-refractivity contribution in [3.63, 3.8) is 0 Å². The van der Waals surface area contributed by atoms with Crippen LogP contribution >= 0.6 is 0 Å². The quantitative estimate of drug-likeness (QED) is 0.906. The van der Waals surface area contributed by atoms with E-state index < -0.39 is 10.0 Å². The van der Waals surface area contributed by atoms with Crippen LogP contribution in [0.5, 0.6) is 0 Å². The Morgan fingerprint density at radius 1 is 1.19 bits per heavy atom. The van der Waals surface area contributed by atoms with E-state index in [1.807, 2.05) is 19.1 Å². The van der Waals surface area contributed by atoms with Crippen LogP contribution < -0.4 is 4.72 Å². The van der Waals surface area contributed by atoms with Crippen LogP contribution in [-0.4, -0.2) is 14.5 Å². The molecule has 116 valence electrons. The largest absolute Gasteiger partial charge is 0.240 e. The summed E-state index contributed by atoms with van der Waals surface area (Å²) < 4.78 is 27.9. The first-order chi connectivity index (χ1) is 9.99. The van der Waals surface area contributed by atoms with Crippen molar-refractivity contribution >= 4 is 10.0 Å². The molecule has 2 fully saturated rings. The Bertz CT molecular complexity index is 594. The van der Waals surface area contributed by atoms with Crippen molar-refractivity contribution < 1.29 is 8.42 Å². The van der Waals surface area contributed by atoms with Crippen molar-refractivity contribution in [3.05, 3.63) is 29.8 Å². The lowest BCUT2D eigenvalue weighted by Crippen LogP contribution is -2.40. The van der Waals surface area contributed by atoms with Gasteiger partial charge in [-0.2, -0.15) is 0 Å². The van der Waals surface area contributed by atoms with Crippen molar-refractivity contribution in [1.82, 2.24) is 4.72 Å². The van der Waals surface area contributed by atoms with Gasteiger partial charge in [-0.1, -0.05) is 25.5 Å². The van der Waals surface area contributed by atoms with Gasteiger partial charge in [0, 0.05) is 6.04 Å². The molecule has 21 heavy (non-hydrogen) atoms. The first-order valence-electron chi connectivity index (χ1n) is 8.11. The second kappa shape index (κ2) is 5.73. The van der Waals surface area contributed by atoms with Crippen molar-refractivity contribution in [2.45, 2.75) is 56.9 Å². The molecule has 1 aromatic rings. The molecule has 0 radical (unpaired) electrons. The van der Waals surface area contributed by atoms with Crippen molar-refractivity contribution in [2.24, 2.45) is 17.8 Å². The van der Waals surface area contributed by atoms with Gasteiger partial charge in [-0.3, -0.25) is 0 Å². The van der Waals surface area contributed by atoms with Crippen molar-refractivity contribution in [2.75, 3.05) is 0 Å². The first kappa shape index (κ1) is 15.0. The van der Waals surface area contributed by atoms with E-state index in [4.69, 9.17) is 0 Å². The van der Waals surface area contributed by atoms with Crippen LogP contribution in [0.3, 0.4) is 0 Å². The molecule has 4 atom stereocenters. The SMILES string of the molecule is CCc1ccc(S(=O)(=O)NC(C)C2CC3CCC2C3)cc1. The standard InChI is InChI=1S/C17H25NO2S/c1-3-13-5-8-16(9-6-13)21(19,20)18-12(2)17-11-14-4-7-15(17)10-14/h5-6,8-9,12,14-15,17-18H,3-4,7,10-11H2,1-2H3. The smallest absolute Gasteiger partial charge is 0.208 e. The summed E-state index contributed by atoms with van der Waals surface area (Å²) in [5.41, 5.74) is 1.16. The van der Waals surface area contributed by atoms with E-state index in [9.17, 15) is 8.42 Å². The van der Waals surface area contributed by atoms with Crippen LogP contribution in [0, 0.1) is 17.8 Å². The Labute approximate surface area is 128 Å². The second-order valence-electron chi connectivity index (χ2n) is 6.75. The number of rotatable bonds is 5. The lowest BCUT2D eigenvalue weighted by molar-refractivity contribution is 0.280. The molecule has 4 heteroatoms. The highest BCUT2D eigenvalue weighted by atomic mass is 32.2. The Kier molecular flexibility index (Phi) is 4.10. The highest BCUT2D eigenvalue weighted by Crippen LogP contribution is 2.49. The van der Waals surface area contributed by atoms with E-state index in [-0.39, 0.29) is 6.04 Å². The van der Waals surface area contributed by atoms with Crippen LogP contribution in [0.1, 0.15) is 45.1 Å². The zero-order valence-electron chi connectivity index (χ0n) is 12.9. The van der Waals surface area contributed by atoms with Gasteiger partial charge < -0.3 is 0 Å². The zero-order valence-corrected chi connectivity index (χ0v) is 13.7. The zero-order chi connectivity index (χ0) is 15.0. The molecule has 0 aromatic heterocycles. The highest BCUT2D eigenvalue weighted by molar-refractivity contribution is 7.89. The number of hydrogen-bond acceptors (Lipinski definition) is 2. The van der Waals surface area contributed by atoms with Gasteiger partial charge in [0.2, 0.25) is 10.0 Å². The minimum absolute atomic E-state index is 0.0381. The molecule has 2 aliphatic carbocycles. The van der Waals surface area contributed by atoms with Gasteiger partial charge in [-0.05, 0) is 68.1 Å². The maximum absolute atomic E-state index is 12.5. The normalized spacial score (nSPS) is 29.7. The molecule has 0 spiro atoms. The summed E-state index contributed by atoms with van der Waals surface area (Å²) in [5.74, 6) is 2.10. The third-order valence-electron chi connectivity index (χ3n) is 5.42. The molecule has 0 saturated heterocycles. The fourth-order valence-electron chi connectivity index (χ4n) is 4.21. The molecule has 0 amide bonds. The van der Waals surface area contributed by atoms with Crippen molar-refractivity contribution in [1.29, 1.82) is 0 Å². The summed E-state index contributed by atoms with van der Waals surface area (Å²) in [6.45, 7) is 4.10. The minimum Gasteiger partial charge on any atom is -0.208 e. The first-order valence-corrected chi connectivity index (χ1v) is 9.59. The van der Waals surface area contributed by atoms with Gasteiger partial charge in [-0.25, -0.2) is 13.1 Å². The number of fused-ring (bicyclic) bond motifs is 2. The Hall–Kier alpha value is -0.870. The Morgan fingerprint density at radius 3 is 2.43 bits per heavy atom. The predicted molar refractivity (Wildman–Crippen MR) is 84.5 cm³/mol. The fraction of sp³-hybridized carbons (Fsp3) is 0.647. The van der Waals surface area contributed by atoms with Crippen LogP contribution in [-0.2, 0) is 16.4 Å². The molecule has 3 rings (SSSR count). The minimum atomic E-state index is -3.39. The molecule has 1 aromatic carbocycles.